The lowest BCUT2D eigenvalue weighted by Crippen LogP contribution is -2.39. The summed E-state index contributed by atoms with van der Waals surface area (Å²) in [5.41, 5.74) is 1.32. The minimum Gasteiger partial charge on any atom is -0.464 e. The molecule has 0 atom stereocenters. The monoisotopic (exact) mass is 450 g/mol. The Bertz CT molecular complexity index is 1240. The van der Waals surface area contributed by atoms with Crippen LogP contribution >= 0.6 is 0 Å². The summed E-state index contributed by atoms with van der Waals surface area (Å²) in [6.45, 7) is 3.44. The van der Waals surface area contributed by atoms with E-state index in [0.29, 0.717) is 28.5 Å². The van der Waals surface area contributed by atoms with Gasteiger partial charge < -0.3 is 20.8 Å². The number of pyridine rings is 1. The number of aliphatic hydroxyl groups excluding tert-OH is 1. The maximum absolute atomic E-state index is 12.6. The molecular formula is C23H26N6O4. The fourth-order valence-corrected chi connectivity index (χ4v) is 4.64. The lowest BCUT2D eigenvalue weighted by molar-refractivity contribution is -0.121. The zero-order chi connectivity index (χ0) is 23.3. The van der Waals surface area contributed by atoms with Gasteiger partial charge >= 0.3 is 6.09 Å². The van der Waals surface area contributed by atoms with Crippen LogP contribution in [0.1, 0.15) is 45.1 Å². The SMILES string of the molecule is CC1(C)C(=O)N(C(=O)O)c2cc(Nc3nc4cccc(NC5CCC(O)CC5)n4n3)ccc21. The van der Waals surface area contributed by atoms with Crippen LogP contribution in [0.4, 0.5) is 27.9 Å². The van der Waals surface area contributed by atoms with Crippen molar-refractivity contribution in [1.82, 2.24) is 14.6 Å². The number of carboxylic acid groups (broad SMARTS) is 1. The molecule has 2 aromatic heterocycles. The van der Waals surface area contributed by atoms with Gasteiger partial charge in [-0.15, -0.1) is 5.10 Å². The normalized spacial score (nSPS) is 21.8. The van der Waals surface area contributed by atoms with Crippen LogP contribution in [0.5, 0.6) is 0 Å². The number of amides is 2. The molecule has 3 heterocycles. The molecule has 0 radical (unpaired) electrons. The predicted molar refractivity (Wildman–Crippen MR) is 123 cm³/mol. The third-order valence-electron chi connectivity index (χ3n) is 6.51. The average molecular weight is 450 g/mol. The van der Waals surface area contributed by atoms with E-state index in [4.69, 9.17) is 0 Å². The molecule has 1 aliphatic heterocycles. The van der Waals surface area contributed by atoms with Crippen LogP contribution in [0.2, 0.25) is 0 Å². The van der Waals surface area contributed by atoms with E-state index in [9.17, 15) is 19.8 Å². The van der Waals surface area contributed by atoms with Gasteiger partial charge in [0, 0.05) is 11.7 Å². The second-order valence-electron chi connectivity index (χ2n) is 9.17. The predicted octanol–water partition coefficient (Wildman–Crippen LogP) is 3.49. The summed E-state index contributed by atoms with van der Waals surface area (Å²) in [5, 5.41) is 30.5. The van der Waals surface area contributed by atoms with Crippen molar-refractivity contribution in [3.63, 3.8) is 0 Å². The fourth-order valence-electron chi connectivity index (χ4n) is 4.64. The molecule has 2 aliphatic rings. The molecule has 0 spiro atoms. The molecule has 1 aromatic carbocycles. The lowest BCUT2D eigenvalue weighted by Gasteiger charge is -2.26. The van der Waals surface area contributed by atoms with Gasteiger partial charge in [0.05, 0.1) is 17.2 Å². The van der Waals surface area contributed by atoms with Crippen LogP contribution in [0, 0.1) is 0 Å². The zero-order valence-electron chi connectivity index (χ0n) is 18.4. The molecule has 3 aromatic rings. The molecule has 10 heteroatoms. The smallest absolute Gasteiger partial charge is 0.418 e. The maximum atomic E-state index is 12.6. The summed E-state index contributed by atoms with van der Waals surface area (Å²) in [5.74, 6) is 0.695. The minimum atomic E-state index is -1.30. The zero-order valence-corrected chi connectivity index (χ0v) is 18.4. The van der Waals surface area contributed by atoms with E-state index in [1.807, 2.05) is 18.2 Å². The highest BCUT2D eigenvalue weighted by molar-refractivity contribution is 6.20. The van der Waals surface area contributed by atoms with E-state index in [1.54, 1.807) is 36.6 Å². The Kier molecular flexibility index (Phi) is 4.97. The first-order valence-corrected chi connectivity index (χ1v) is 11.0. The average Bonchev–Trinajstić information content (AvgIpc) is 3.26. The Labute approximate surface area is 190 Å². The highest BCUT2D eigenvalue weighted by atomic mass is 16.4. The summed E-state index contributed by atoms with van der Waals surface area (Å²) >= 11 is 0. The van der Waals surface area contributed by atoms with Gasteiger partial charge in [0.15, 0.2) is 5.65 Å². The first kappa shape index (κ1) is 21.2. The molecule has 4 N–H and O–H groups in total. The quantitative estimate of drug-likeness (QED) is 0.475. The van der Waals surface area contributed by atoms with Gasteiger partial charge in [0.1, 0.15) is 5.82 Å². The van der Waals surface area contributed by atoms with Crippen LogP contribution in [-0.2, 0) is 10.2 Å². The molecule has 172 valence electrons. The number of fused-ring (bicyclic) bond motifs is 2. The summed E-state index contributed by atoms with van der Waals surface area (Å²) < 4.78 is 1.72. The van der Waals surface area contributed by atoms with Crippen LogP contribution in [0.25, 0.3) is 5.65 Å². The number of anilines is 4. The van der Waals surface area contributed by atoms with Crippen molar-refractivity contribution in [3.05, 3.63) is 42.0 Å². The Morgan fingerprint density at radius 3 is 2.64 bits per heavy atom. The second kappa shape index (κ2) is 7.73. The highest BCUT2D eigenvalue weighted by Crippen LogP contribution is 2.43. The first-order valence-electron chi connectivity index (χ1n) is 11.0. The summed E-state index contributed by atoms with van der Waals surface area (Å²) in [7, 11) is 0. The van der Waals surface area contributed by atoms with Crippen molar-refractivity contribution in [2.45, 2.75) is 57.1 Å². The van der Waals surface area contributed by atoms with Crippen molar-refractivity contribution in [2.75, 3.05) is 15.5 Å². The van der Waals surface area contributed by atoms with Gasteiger partial charge in [0.25, 0.3) is 0 Å². The molecule has 33 heavy (non-hydrogen) atoms. The molecule has 10 nitrogen and oxygen atoms in total. The van der Waals surface area contributed by atoms with Gasteiger partial charge in [-0.25, -0.2) is 9.69 Å². The summed E-state index contributed by atoms with van der Waals surface area (Å²) in [6, 6.07) is 11.1. The molecule has 0 bridgehead atoms. The van der Waals surface area contributed by atoms with Crippen LogP contribution in [-0.4, -0.2) is 49.0 Å². The van der Waals surface area contributed by atoms with E-state index in [1.165, 1.54) is 0 Å². The van der Waals surface area contributed by atoms with E-state index < -0.39 is 17.4 Å². The van der Waals surface area contributed by atoms with Gasteiger partial charge in [-0.3, -0.25) is 4.79 Å². The van der Waals surface area contributed by atoms with E-state index in [2.05, 4.69) is 20.7 Å². The van der Waals surface area contributed by atoms with Gasteiger partial charge in [-0.05, 0) is 69.4 Å². The third kappa shape index (κ3) is 3.66. The lowest BCUT2D eigenvalue weighted by atomic mass is 9.86. The van der Waals surface area contributed by atoms with Crippen molar-refractivity contribution < 1.29 is 19.8 Å². The number of hydrogen-bond acceptors (Lipinski definition) is 7. The van der Waals surface area contributed by atoms with Crippen molar-refractivity contribution in [3.8, 4) is 0 Å². The number of nitrogens with zero attached hydrogens (tertiary/aromatic N) is 4. The number of hydrogen-bond donors (Lipinski definition) is 4. The van der Waals surface area contributed by atoms with Crippen molar-refractivity contribution in [2.24, 2.45) is 0 Å². The van der Waals surface area contributed by atoms with Gasteiger partial charge in [0.2, 0.25) is 11.9 Å². The van der Waals surface area contributed by atoms with Crippen LogP contribution in [0.15, 0.2) is 36.4 Å². The maximum Gasteiger partial charge on any atom is 0.418 e. The Balaban J connectivity index is 1.41. The van der Waals surface area contributed by atoms with Gasteiger partial charge in [-0.2, -0.15) is 9.50 Å². The van der Waals surface area contributed by atoms with Crippen LogP contribution < -0.4 is 15.5 Å². The number of benzene rings is 1. The Morgan fingerprint density at radius 1 is 1.15 bits per heavy atom. The first-order chi connectivity index (χ1) is 15.7. The Morgan fingerprint density at radius 2 is 1.91 bits per heavy atom. The van der Waals surface area contributed by atoms with E-state index in [0.717, 1.165) is 36.4 Å². The molecular weight excluding hydrogens is 424 g/mol. The topological polar surface area (TPSA) is 132 Å². The number of rotatable bonds is 4. The molecule has 1 saturated carbocycles. The number of carbonyl (C=O) groups is 2. The number of aliphatic hydroxyl groups is 1. The molecule has 0 unspecified atom stereocenters. The summed E-state index contributed by atoms with van der Waals surface area (Å²) in [4.78, 5) is 29.6. The number of aromatic nitrogens is 3. The molecule has 0 saturated heterocycles. The summed E-state index contributed by atoms with van der Waals surface area (Å²) in [6.07, 6.45) is 1.82. The van der Waals surface area contributed by atoms with E-state index >= 15 is 0 Å². The van der Waals surface area contributed by atoms with Crippen molar-refractivity contribution >= 4 is 40.8 Å². The number of carbonyl (C=O) groups excluding carboxylic acids is 1. The standard InChI is InChI=1S/C23H26N6O4/c1-23(2)16-11-8-14(12-17(16)28(20(23)31)22(32)33)25-21-26-19-5-3-4-18(29(19)27-21)24-13-6-9-15(30)10-7-13/h3-5,8,11-13,15,24,30H,6-7,9-10H2,1-2H3,(H,25,27)(H,32,33). The molecule has 2 amide bonds. The fraction of sp³-hybridized carbons (Fsp3) is 0.391. The Hall–Kier alpha value is -3.66. The second-order valence-corrected chi connectivity index (χ2v) is 9.17. The largest absolute Gasteiger partial charge is 0.464 e. The van der Waals surface area contributed by atoms with Crippen molar-refractivity contribution in [1.29, 1.82) is 0 Å². The number of imide groups is 1. The van der Waals surface area contributed by atoms with E-state index in [-0.39, 0.29) is 12.1 Å². The van der Waals surface area contributed by atoms with Gasteiger partial charge in [-0.1, -0.05) is 12.1 Å². The molecule has 5 rings (SSSR count). The highest BCUT2D eigenvalue weighted by Gasteiger charge is 2.46. The molecule has 1 fully saturated rings. The minimum absolute atomic E-state index is 0.216. The molecule has 1 aliphatic carbocycles. The van der Waals surface area contributed by atoms with Crippen LogP contribution in [0.3, 0.4) is 0 Å². The third-order valence-corrected chi connectivity index (χ3v) is 6.51. The number of nitrogens with one attached hydrogen (secondary N) is 2.